The molecule has 1 N–H and O–H groups in total. The molecule has 2 amide bonds. The van der Waals surface area contributed by atoms with Gasteiger partial charge in [0, 0.05) is 38.3 Å². The number of nitro groups is 1. The van der Waals surface area contributed by atoms with Gasteiger partial charge in [-0.15, -0.1) is 0 Å². The fourth-order valence-electron chi connectivity index (χ4n) is 3.99. The molecular weight excluding hydrogens is 463 g/mol. The summed E-state index contributed by atoms with van der Waals surface area (Å²) in [5, 5.41) is 14.0. The Bertz CT molecular complexity index is 1000. The average molecular weight is 497 g/mol. The van der Waals surface area contributed by atoms with Gasteiger partial charge in [0.1, 0.15) is 22.6 Å². The van der Waals surface area contributed by atoms with Crippen LogP contribution in [0.15, 0.2) is 6.07 Å². The number of halogens is 1. The first-order valence-corrected chi connectivity index (χ1v) is 11.5. The van der Waals surface area contributed by atoms with E-state index in [0.29, 0.717) is 26.1 Å². The zero-order valence-electron chi connectivity index (χ0n) is 21.0. The first-order chi connectivity index (χ1) is 16.1. The summed E-state index contributed by atoms with van der Waals surface area (Å²) in [7, 11) is 0. The van der Waals surface area contributed by atoms with Crippen LogP contribution in [0.3, 0.4) is 0 Å². The van der Waals surface area contributed by atoms with Gasteiger partial charge in [-0.05, 0) is 48.0 Å². The summed E-state index contributed by atoms with van der Waals surface area (Å²) in [5.74, 6) is -0.957. The van der Waals surface area contributed by atoms with Crippen molar-refractivity contribution < 1.29 is 33.1 Å². The molecular formula is C23H33FN4O7. The van der Waals surface area contributed by atoms with Crippen molar-refractivity contribution in [2.45, 2.75) is 71.8 Å². The van der Waals surface area contributed by atoms with Crippen molar-refractivity contribution >= 4 is 23.6 Å². The number of rotatable bonds is 2. The molecule has 0 unspecified atom stereocenters. The van der Waals surface area contributed by atoms with Gasteiger partial charge in [0.25, 0.3) is 0 Å². The summed E-state index contributed by atoms with van der Waals surface area (Å²) in [6.45, 7) is 11.8. The Hall–Kier alpha value is -3.15. The molecule has 0 radical (unpaired) electrons. The van der Waals surface area contributed by atoms with Crippen LogP contribution in [0.2, 0.25) is 0 Å². The van der Waals surface area contributed by atoms with Crippen LogP contribution in [0.1, 0.15) is 53.5 Å². The number of carbonyl (C=O) groups is 2. The van der Waals surface area contributed by atoms with Gasteiger partial charge in [-0.25, -0.2) is 9.59 Å². The average Bonchev–Trinajstić information content (AvgIpc) is 2.66. The number of piperazine rings is 1. The van der Waals surface area contributed by atoms with Gasteiger partial charge in [0.05, 0.1) is 17.1 Å². The lowest BCUT2D eigenvalue weighted by Gasteiger charge is -2.42. The predicted octanol–water partition coefficient (Wildman–Crippen LogP) is 4.28. The minimum Gasteiger partial charge on any atom is -0.493 e. The number of nitrogens with one attached hydrogen (secondary N) is 1. The van der Waals surface area contributed by atoms with Crippen LogP contribution in [0.4, 0.5) is 25.4 Å². The highest BCUT2D eigenvalue weighted by Gasteiger charge is 2.36. The second kappa shape index (κ2) is 9.84. The second-order valence-electron chi connectivity index (χ2n) is 10.6. The fraction of sp³-hybridized carbons (Fsp3) is 0.652. The number of hydrogen-bond acceptors (Lipinski definition) is 8. The van der Waals surface area contributed by atoms with Crippen LogP contribution in [0, 0.1) is 15.9 Å². The molecule has 0 aliphatic carbocycles. The first-order valence-electron chi connectivity index (χ1n) is 11.5. The molecule has 11 nitrogen and oxygen atoms in total. The monoisotopic (exact) mass is 496 g/mol. The van der Waals surface area contributed by atoms with Gasteiger partial charge in [-0.2, -0.15) is 4.39 Å². The quantitative estimate of drug-likeness (QED) is 0.475. The first kappa shape index (κ1) is 26.5. The number of hydrogen-bond donors (Lipinski definition) is 1. The molecule has 1 saturated heterocycles. The minimum atomic E-state index is -1.08. The molecule has 1 aromatic rings. The number of carbonyl (C=O) groups excluding carboxylic acids is 2. The Balaban J connectivity index is 1.85. The smallest absolute Gasteiger partial charge is 0.412 e. The van der Waals surface area contributed by atoms with Gasteiger partial charge in [-0.3, -0.25) is 20.3 Å². The number of nitrogens with zero attached hydrogens (tertiary/aromatic N) is 3. The Kier molecular flexibility index (Phi) is 7.44. The molecule has 1 fully saturated rings. The van der Waals surface area contributed by atoms with Crippen molar-refractivity contribution in [3.63, 3.8) is 0 Å². The van der Waals surface area contributed by atoms with E-state index in [0.717, 1.165) is 0 Å². The number of benzene rings is 1. The minimum absolute atomic E-state index is 0.0295. The standard InChI is InChI=1S/C23H33FN4O7/c1-22(2,3)34-20(29)25-16-11-17-15(18(24)19(16)28(31)32)13-26-8-9-27(12-14(26)7-10-33-17)21(30)35-23(4,5)6/h11,14H,7-10,12-13H2,1-6H3,(H,25,29)/t14-/m0/s1. The molecule has 1 atom stereocenters. The Labute approximate surface area is 203 Å². The van der Waals surface area contributed by atoms with Crippen molar-refractivity contribution in [3.05, 3.63) is 27.6 Å². The highest BCUT2D eigenvalue weighted by Crippen LogP contribution is 2.39. The van der Waals surface area contributed by atoms with E-state index in [9.17, 15) is 19.7 Å². The topological polar surface area (TPSA) is 123 Å². The van der Waals surface area contributed by atoms with E-state index in [1.807, 2.05) is 4.90 Å². The number of fused-ring (bicyclic) bond motifs is 2. The van der Waals surface area contributed by atoms with Crippen molar-refractivity contribution in [1.29, 1.82) is 0 Å². The zero-order valence-corrected chi connectivity index (χ0v) is 21.0. The van der Waals surface area contributed by atoms with Crippen LogP contribution < -0.4 is 10.1 Å². The Morgan fingerprint density at radius 2 is 1.83 bits per heavy atom. The number of anilines is 1. The third-order valence-electron chi connectivity index (χ3n) is 5.45. The van der Waals surface area contributed by atoms with E-state index >= 15 is 4.39 Å². The maximum atomic E-state index is 15.5. The SMILES string of the molecule is CC(C)(C)OC(=O)Nc1cc2c(c(F)c1[N+](=O)[O-])CN1CCN(C(=O)OC(C)(C)C)C[C@@H]1CCO2. The van der Waals surface area contributed by atoms with E-state index < -0.39 is 39.8 Å². The molecule has 35 heavy (non-hydrogen) atoms. The third-order valence-corrected chi connectivity index (χ3v) is 5.45. The van der Waals surface area contributed by atoms with E-state index in [-0.39, 0.29) is 36.2 Å². The molecule has 2 aliphatic heterocycles. The lowest BCUT2D eigenvalue weighted by Crippen LogP contribution is -2.55. The van der Waals surface area contributed by atoms with E-state index in [4.69, 9.17) is 14.2 Å². The molecule has 2 aliphatic rings. The summed E-state index contributed by atoms with van der Waals surface area (Å²) in [5.41, 5.74) is -2.63. The number of nitro benzene ring substituents is 1. The third kappa shape index (κ3) is 6.71. The molecule has 12 heteroatoms. The van der Waals surface area contributed by atoms with Crippen LogP contribution in [0.5, 0.6) is 5.75 Å². The van der Waals surface area contributed by atoms with Gasteiger partial charge in [0.2, 0.25) is 5.82 Å². The summed E-state index contributed by atoms with van der Waals surface area (Å²) in [6.07, 6.45) is -0.809. The molecule has 3 rings (SSSR count). The summed E-state index contributed by atoms with van der Waals surface area (Å²) in [6, 6.07) is 1.13. The van der Waals surface area contributed by atoms with Crippen LogP contribution in [-0.2, 0) is 16.0 Å². The molecule has 2 heterocycles. The van der Waals surface area contributed by atoms with Crippen molar-refractivity contribution in [3.8, 4) is 5.75 Å². The molecule has 194 valence electrons. The number of amides is 2. The maximum absolute atomic E-state index is 15.5. The Morgan fingerprint density at radius 3 is 2.43 bits per heavy atom. The number of ether oxygens (including phenoxy) is 3. The summed E-state index contributed by atoms with van der Waals surface area (Å²) in [4.78, 5) is 39.1. The lowest BCUT2D eigenvalue weighted by molar-refractivity contribution is -0.386. The molecule has 0 saturated carbocycles. The second-order valence-corrected chi connectivity index (χ2v) is 10.6. The van der Waals surface area contributed by atoms with Gasteiger partial charge in [-0.1, -0.05) is 0 Å². The van der Waals surface area contributed by atoms with Crippen molar-refractivity contribution in [2.75, 3.05) is 31.6 Å². The van der Waals surface area contributed by atoms with E-state index in [1.165, 1.54) is 6.07 Å². The highest BCUT2D eigenvalue weighted by molar-refractivity contribution is 5.89. The normalized spacial score (nSPS) is 18.8. The van der Waals surface area contributed by atoms with Crippen LogP contribution >= 0.6 is 0 Å². The summed E-state index contributed by atoms with van der Waals surface area (Å²) >= 11 is 0. The van der Waals surface area contributed by atoms with Gasteiger partial charge in [0.15, 0.2) is 0 Å². The van der Waals surface area contributed by atoms with Crippen LogP contribution in [-0.4, -0.2) is 70.4 Å². The van der Waals surface area contributed by atoms with Crippen molar-refractivity contribution in [2.24, 2.45) is 0 Å². The zero-order chi connectivity index (χ0) is 26.1. The molecule has 1 aromatic carbocycles. The Morgan fingerprint density at radius 1 is 1.17 bits per heavy atom. The summed E-state index contributed by atoms with van der Waals surface area (Å²) < 4.78 is 31.9. The van der Waals surface area contributed by atoms with Crippen LogP contribution in [0.25, 0.3) is 0 Å². The largest absolute Gasteiger partial charge is 0.493 e. The van der Waals surface area contributed by atoms with E-state index in [1.54, 1.807) is 46.4 Å². The highest BCUT2D eigenvalue weighted by atomic mass is 19.1. The fourth-order valence-corrected chi connectivity index (χ4v) is 3.99. The van der Waals surface area contributed by atoms with Crippen molar-refractivity contribution in [1.82, 2.24) is 9.80 Å². The van der Waals surface area contributed by atoms with E-state index in [2.05, 4.69) is 5.32 Å². The molecule has 0 aromatic heterocycles. The predicted molar refractivity (Wildman–Crippen MR) is 125 cm³/mol. The van der Waals surface area contributed by atoms with Gasteiger partial charge >= 0.3 is 17.9 Å². The lowest BCUT2D eigenvalue weighted by atomic mass is 10.0. The molecule has 0 spiro atoms. The van der Waals surface area contributed by atoms with Gasteiger partial charge < -0.3 is 19.1 Å². The maximum Gasteiger partial charge on any atom is 0.412 e. The molecule has 0 bridgehead atoms.